The van der Waals surface area contributed by atoms with Crippen LogP contribution >= 0.6 is 0 Å². The molecule has 0 bridgehead atoms. The van der Waals surface area contributed by atoms with Gasteiger partial charge in [0, 0.05) is 6.61 Å². The number of rotatable bonds is 8. The SMILES string of the molecule is CCOCCOCOCCO. The fourth-order valence-corrected chi connectivity index (χ4v) is 0.504. The van der Waals surface area contributed by atoms with Crippen LogP contribution in [0.25, 0.3) is 0 Å². The molecule has 0 amide bonds. The van der Waals surface area contributed by atoms with Crippen LogP contribution < -0.4 is 0 Å². The van der Waals surface area contributed by atoms with E-state index in [0.29, 0.717) is 26.4 Å². The fourth-order valence-electron chi connectivity index (χ4n) is 0.504. The minimum atomic E-state index is 0.0365. The van der Waals surface area contributed by atoms with Crippen LogP contribution in [-0.2, 0) is 14.2 Å². The first-order valence-corrected chi connectivity index (χ1v) is 3.76. The molecule has 0 aliphatic rings. The maximum absolute atomic E-state index is 8.30. The van der Waals surface area contributed by atoms with Crippen LogP contribution in [0.15, 0.2) is 0 Å². The highest BCUT2D eigenvalue weighted by Crippen LogP contribution is 1.79. The van der Waals surface area contributed by atoms with Crippen LogP contribution in [-0.4, -0.2) is 44.9 Å². The highest BCUT2D eigenvalue weighted by atomic mass is 16.7. The van der Waals surface area contributed by atoms with Crippen molar-refractivity contribution in [3.8, 4) is 0 Å². The van der Waals surface area contributed by atoms with Gasteiger partial charge in [-0.15, -0.1) is 0 Å². The quantitative estimate of drug-likeness (QED) is 0.405. The Bertz CT molecular complexity index is 59.5. The van der Waals surface area contributed by atoms with E-state index in [1.54, 1.807) is 0 Å². The lowest BCUT2D eigenvalue weighted by atomic mass is 10.7. The summed E-state index contributed by atoms with van der Waals surface area (Å²) in [5.41, 5.74) is 0. The topological polar surface area (TPSA) is 47.9 Å². The Balaban J connectivity index is 2.69. The molecule has 0 aliphatic heterocycles. The third-order valence-electron chi connectivity index (χ3n) is 0.978. The monoisotopic (exact) mass is 164 g/mol. The van der Waals surface area contributed by atoms with Crippen molar-refractivity contribution in [3.05, 3.63) is 0 Å². The smallest absolute Gasteiger partial charge is 0.146 e. The van der Waals surface area contributed by atoms with Gasteiger partial charge in [-0.05, 0) is 6.92 Å². The Morgan fingerprint density at radius 2 is 1.64 bits per heavy atom. The van der Waals surface area contributed by atoms with Gasteiger partial charge in [0.15, 0.2) is 0 Å². The van der Waals surface area contributed by atoms with Crippen LogP contribution in [0.5, 0.6) is 0 Å². The van der Waals surface area contributed by atoms with E-state index in [2.05, 4.69) is 0 Å². The van der Waals surface area contributed by atoms with Crippen molar-refractivity contribution in [1.82, 2.24) is 0 Å². The normalized spacial score (nSPS) is 10.4. The summed E-state index contributed by atoms with van der Waals surface area (Å²) in [6, 6.07) is 0. The van der Waals surface area contributed by atoms with E-state index >= 15 is 0 Å². The van der Waals surface area contributed by atoms with Crippen LogP contribution in [0.4, 0.5) is 0 Å². The Labute approximate surface area is 67.1 Å². The average Bonchev–Trinajstić information content (AvgIpc) is 2.03. The van der Waals surface area contributed by atoms with Crippen molar-refractivity contribution in [2.75, 3.05) is 39.8 Å². The molecule has 4 heteroatoms. The van der Waals surface area contributed by atoms with Gasteiger partial charge in [-0.3, -0.25) is 0 Å². The summed E-state index contributed by atoms with van der Waals surface area (Å²) >= 11 is 0. The van der Waals surface area contributed by atoms with Gasteiger partial charge in [0.1, 0.15) is 6.79 Å². The minimum absolute atomic E-state index is 0.0365. The molecule has 0 aromatic heterocycles. The van der Waals surface area contributed by atoms with Crippen LogP contribution in [0.3, 0.4) is 0 Å². The molecule has 0 heterocycles. The summed E-state index contributed by atoms with van der Waals surface area (Å²) < 4.78 is 14.8. The third-order valence-corrected chi connectivity index (χ3v) is 0.978. The Morgan fingerprint density at radius 3 is 2.27 bits per heavy atom. The number of hydrogen-bond donors (Lipinski definition) is 1. The van der Waals surface area contributed by atoms with Crippen molar-refractivity contribution >= 4 is 0 Å². The van der Waals surface area contributed by atoms with E-state index in [-0.39, 0.29) is 13.4 Å². The van der Waals surface area contributed by atoms with Gasteiger partial charge < -0.3 is 19.3 Å². The number of aliphatic hydroxyl groups is 1. The first-order valence-electron chi connectivity index (χ1n) is 3.76. The predicted octanol–water partition coefficient (Wildman–Crippen LogP) is 0.00590. The van der Waals surface area contributed by atoms with E-state index < -0.39 is 0 Å². The molecule has 0 saturated carbocycles. The molecule has 0 atom stereocenters. The molecule has 0 unspecified atom stereocenters. The number of ether oxygens (including phenoxy) is 3. The van der Waals surface area contributed by atoms with Crippen molar-refractivity contribution in [1.29, 1.82) is 0 Å². The van der Waals surface area contributed by atoms with Gasteiger partial charge in [0.2, 0.25) is 0 Å². The predicted molar refractivity (Wildman–Crippen MR) is 40.3 cm³/mol. The lowest BCUT2D eigenvalue weighted by molar-refractivity contribution is -0.0752. The van der Waals surface area contributed by atoms with Gasteiger partial charge in [-0.25, -0.2) is 0 Å². The maximum Gasteiger partial charge on any atom is 0.146 e. The summed E-state index contributed by atoms with van der Waals surface area (Å²) in [6.45, 7) is 4.37. The van der Waals surface area contributed by atoms with E-state index in [1.165, 1.54) is 0 Å². The second-order valence-corrected chi connectivity index (χ2v) is 1.85. The molecular weight excluding hydrogens is 148 g/mol. The third kappa shape index (κ3) is 9.84. The summed E-state index contributed by atoms with van der Waals surface area (Å²) in [4.78, 5) is 0. The molecule has 0 spiro atoms. The van der Waals surface area contributed by atoms with Gasteiger partial charge in [-0.2, -0.15) is 0 Å². The van der Waals surface area contributed by atoms with E-state index in [0.717, 1.165) is 0 Å². The van der Waals surface area contributed by atoms with Crippen molar-refractivity contribution in [3.63, 3.8) is 0 Å². The fraction of sp³-hybridized carbons (Fsp3) is 1.00. The molecule has 0 fully saturated rings. The Morgan fingerprint density at radius 1 is 1.00 bits per heavy atom. The lowest BCUT2D eigenvalue weighted by Gasteiger charge is -2.03. The summed E-state index contributed by atoms with van der Waals surface area (Å²) in [6.07, 6.45) is 0. The molecule has 4 nitrogen and oxygen atoms in total. The zero-order chi connectivity index (χ0) is 8.36. The number of hydrogen-bond acceptors (Lipinski definition) is 4. The molecule has 0 aromatic carbocycles. The largest absolute Gasteiger partial charge is 0.394 e. The summed E-state index contributed by atoms with van der Waals surface area (Å²) in [7, 11) is 0. The first-order chi connectivity index (χ1) is 5.41. The lowest BCUT2D eigenvalue weighted by Crippen LogP contribution is -2.08. The first kappa shape index (κ1) is 10.8. The zero-order valence-electron chi connectivity index (χ0n) is 6.91. The summed E-state index contributed by atoms with van der Waals surface area (Å²) in [5, 5.41) is 8.30. The molecular formula is C7H16O4. The summed E-state index contributed by atoms with van der Waals surface area (Å²) in [5.74, 6) is 0. The number of aliphatic hydroxyl groups excluding tert-OH is 1. The molecule has 0 rings (SSSR count). The van der Waals surface area contributed by atoms with Gasteiger partial charge in [0.05, 0.1) is 26.4 Å². The van der Waals surface area contributed by atoms with Gasteiger partial charge in [-0.1, -0.05) is 0 Å². The van der Waals surface area contributed by atoms with Gasteiger partial charge >= 0.3 is 0 Å². The average molecular weight is 164 g/mol. The van der Waals surface area contributed by atoms with Crippen LogP contribution in [0.2, 0.25) is 0 Å². The van der Waals surface area contributed by atoms with Crippen molar-refractivity contribution in [2.24, 2.45) is 0 Å². The van der Waals surface area contributed by atoms with Crippen molar-refractivity contribution in [2.45, 2.75) is 6.92 Å². The van der Waals surface area contributed by atoms with E-state index in [4.69, 9.17) is 19.3 Å². The van der Waals surface area contributed by atoms with Gasteiger partial charge in [0.25, 0.3) is 0 Å². The molecule has 1 N–H and O–H groups in total. The zero-order valence-corrected chi connectivity index (χ0v) is 6.91. The van der Waals surface area contributed by atoms with E-state index in [9.17, 15) is 0 Å². The highest BCUT2D eigenvalue weighted by Gasteiger charge is 1.87. The molecule has 11 heavy (non-hydrogen) atoms. The van der Waals surface area contributed by atoms with Crippen LogP contribution in [0.1, 0.15) is 6.92 Å². The molecule has 68 valence electrons. The second-order valence-electron chi connectivity index (χ2n) is 1.85. The molecule has 0 aromatic rings. The highest BCUT2D eigenvalue weighted by molar-refractivity contribution is 4.25. The molecule has 0 saturated heterocycles. The molecule has 0 aliphatic carbocycles. The van der Waals surface area contributed by atoms with Crippen molar-refractivity contribution < 1.29 is 19.3 Å². The Hall–Kier alpha value is -0.160. The Kier molecular flexibility index (Phi) is 9.70. The maximum atomic E-state index is 8.30. The standard InChI is InChI=1S/C7H16O4/c1-2-9-5-6-11-7-10-4-3-8/h8H,2-7H2,1H3. The van der Waals surface area contributed by atoms with Crippen LogP contribution in [0, 0.1) is 0 Å². The minimum Gasteiger partial charge on any atom is -0.394 e. The second kappa shape index (κ2) is 9.84. The molecule has 0 radical (unpaired) electrons. The van der Waals surface area contributed by atoms with E-state index in [1.807, 2.05) is 6.92 Å².